The fourth-order valence-electron chi connectivity index (χ4n) is 3.41. The molecule has 1 heterocycles. The Kier molecular flexibility index (Phi) is 6.31. The number of aliphatic carboxylic acids is 1. The number of hydrogen-bond donors (Lipinski definition) is 1. The molecule has 0 atom stereocenters. The zero-order chi connectivity index (χ0) is 22.1. The number of hydrogen-bond acceptors (Lipinski definition) is 5. The average molecular weight is 512 g/mol. The van der Waals surface area contributed by atoms with Crippen molar-refractivity contribution >= 4 is 44.5 Å². The molecule has 1 fully saturated rings. The third-order valence-electron chi connectivity index (χ3n) is 5.09. The van der Waals surface area contributed by atoms with Crippen LogP contribution in [0.25, 0.3) is 22.3 Å². The first-order chi connectivity index (χ1) is 14.8. The lowest BCUT2D eigenvalue weighted by Gasteiger charge is -2.32. The number of carboxylic acids is 1. The first kappa shape index (κ1) is 21.8. The van der Waals surface area contributed by atoms with Crippen molar-refractivity contribution in [1.82, 2.24) is 0 Å². The van der Waals surface area contributed by atoms with Crippen molar-refractivity contribution in [3.05, 3.63) is 61.9 Å². The summed E-state index contributed by atoms with van der Waals surface area (Å²) in [7, 11) is 0. The van der Waals surface area contributed by atoms with E-state index < -0.39 is 17.2 Å². The van der Waals surface area contributed by atoms with Crippen LogP contribution in [-0.2, 0) is 9.53 Å². The highest BCUT2D eigenvalue weighted by molar-refractivity contribution is 9.10. The van der Waals surface area contributed by atoms with Gasteiger partial charge in [-0.25, -0.2) is 4.39 Å². The minimum atomic E-state index is -0.796. The van der Waals surface area contributed by atoms with Gasteiger partial charge in [-0.3, -0.25) is 9.59 Å². The minimum Gasteiger partial charge on any atom is -0.490 e. The van der Waals surface area contributed by atoms with Crippen LogP contribution >= 0.6 is 27.5 Å². The Balaban J connectivity index is 1.52. The molecule has 3 aromatic rings. The first-order valence-electron chi connectivity index (χ1n) is 9.52. The van der Waals surface area contributed by atoms with Crippen LogP contribution in [0.5, 0.6) is 5.75 Å². The molecular weight excluding hydrogens is 495 g/mol. The van der Waals surface area contributed by atoms with Crippen molar-refractivity contribution < 1.29 is 28.2 Å². The van der Waals surface area contributed by atoms with Gasteiger partial charge in [-0.05, 0) is 43.2 Å². The lowest BCUT2D eigenvalue weighted by molar-refractivity contribution is -0.151. The average Bonchev–Trinajstić information content (AvgIpc) is 2.67. The molecule has 2 aromatic carbocycles. The van der Waals surface area contributed by atoms with Gasteiger partial charge in [0.25, 0.3) is 0 Å². The molecule has 6 nitrogen and oxygen atoms in total. The number of fused-ring (bicyclic) bond motifs is 1. The largest absolute Gasteiger partial charge is 0.490 e. The summed E-state index contributed by atoms with van der Waals surface area (Å²) in [4.78, 5) is 23.4. The van der Waals surface area contributed by atoms with E-state index in [0.29, 0.717) is 30.8 Å². The van der Waals surface area contributed by atoms with E-state index in [1.54, 1.807) is 18.2 Å². The number of carbonyl (C=O) groups is 1. The fourth-order valence-corrected chi connectivity index (χ4v) is 4.01. The summed E-state index contributed by atoms with van der Waals surface area (Å²) < 4.78 is 31.6. The number of carboxylic acid groups (broad SMARTS) is 1. The third-order valence-corrected chi connectivity index (χ3v) is 5.87. The molecule has 1 aliphatic carbocycles. The van der Waals surface area contributed by atoms with Gasteiger partial charge in [0, 0.05) is 10.5 Å². The smallest absolute Gasteiger partial charge is 0.306 e. The number of benzene rings is 2. The summed E-state index contributed by atoms with van der Waals surface area (Å²) in [5, 5.41) is 8.96. The van der Waals surface area contributed by atoms with Crippen LogP contribution in [-0.4, -0.2) is 30.4 Å². The van der Waals surface area contributed by atoms with Crippen LogP contribution in [0.2, 0.25) is 5.02 Å². The predicted molar refractivity (Wildman–Crippen MR) is 116 cm³/mol. The van der Waals surface area contributed by atoms with Gasteiger partial charge in [0.05, 0.1) is 34.6 Å². The Bertz CT molecular complexity index is 1200. The van der Waals surface area contributed by atoms with Crippen LogP contribution in [0, 0.1) is 11.7 Å². The summed E-state index contributed by atoms with van der Waals surface area (Å²) >= 11 is 9.48. The van der Waals surface area contributed by atoms with Crippen LogP contribution in [0.3, 0.4) is 0 Å². The minimum absolute atomic E-state index is 0.0000197. The van der Waals surface area contributed by atoms with E-state index in [1.807, 2.05) is 0 Å². The highest BCUT2D eigenvalue weighted by atomic mass is 79.9. The van der Waals surface area contributed by atoms with Gasteiger partial charge in [-0.15, -0.1) is 0 Å². The van der Waals surface area contributed by atoms with Gasteiger partial charge >= 0.3 is 5.97 Å². The summed E-state index contributed by atoms with van der Waals surface area (Å²) in [6.45, 7) is 0.520. The Labute approximate surface area is 189 Å². The van der Waals surface area contributed by atoms with E-state index in [2.05, 4.69) is 15.9 Å². The Hall–Kier alpha value is -2.42. The number of rotatable bonds is 7. The lowest BCUT2D eigenvalue weighted by Crippen LogP contribution is -2.37. The maximum Gasteiger partial charge on any atom is 0.306 e. The molecule has 0 bridgehead atoms. The fraction of sp³-hybridized carbons (Fsp3) is 0.273. The second-order valence-corrected chi connectivity index (χ2v) is 8.55. The van der Waals surface area contributed by atoms with Crippen molar-refractivity contribution in [3.63, 3.8) is 0 Å². The topological polar surface area (TPSA) is 86.0 Å². The first-order valence-corrected chi connectivity index (χ1v) is 10.7. The molecule has 1 aromatic heterocycles. The van der Waals surface area contributed by atoms with Gasteiger partial charge in [0.15, 0.2) is 11.0 Å². The normalized spacial score (nSPS) is 18.0. The molecule has 1 aliphatic rings. The summed E-state index contributed by atoms with van der Waals surface area (Å²) in [5.41, 5.74) is 0.186. The molecule has 0 unspecified atom stereocenters. The second kappa shape index (κ2) is 8.98. The van der Waals surface area contributed by atoms with Crippen molar-refractivity contribution in [2.45, 2.75) is 18.9 Å². The SMILES string of the molecule is O=c1cc(-c2cc(Br)ccc2OCCO[C@H]2C[C@H](C(=O)O)C2)oc2c(Cl)cc(F)cc12. The zero-order valence-corrected chi connectivity index (χ0v) is 18.4. The summed E-state index contributed by atoms with van der Waals surface area (Å²) in [6, 6.07) is 8.68. The van der Waals surface area contributed by atoms with Crippen molar-refractivity contribution in [1.29, 1.82) is 0 Å². The van der Waals surface area contributed by atoms with E-state index in [1.165, 1.54) is 6.07 Å². The van der Waals surface area contributed by atoms with E-state index in [-0.39, 0.29) is 40.4 Å². The monoisotopic (exact) mass is 510 g/mol. The lowest BCUT2D eigenvalue weighted by atomic mass is 9.82. The molecular formula is C22H17BrClFO6. The highest BCUT2D eigenvalue weighted by Gasteiger charge is 2.35. The van der Waals surface area contributed by atoms with Crippen LogP contribution < -0.4 is 10.2 Å². The van der Waals surface area contributed by atoms with Crippen LogP contribution in [0.1, 0.15) is 12.8 Å². The van der Waals surface area contributed by atoms with Gasteiger partial charge < -0.3 is 19.0 Å². The van der Waals surface area contributed by atoms with E-state index in [4.69, 9.17) is 30.6 Å². The number of halogens is 3. The van der Waals surface area contributed by atoms with Gasteiger partial charge in [0.2, 0.25) is 0 Å². The Morgan fingerprint density at radius 3 is 2.74 bits per heavy atom. The maximum absolute atomic E-state index is 13.6. The van der Waals surface area contributed by atoms with Crippen molar-refractivity contribution in [3.8, 4) is 17.1 Å². The summed E-state index contributed by atoms with van der Waals surface area (Å²) in [5.74, 6) is -1.06. The van der Waals surface area contributed by atoms with Crippen molar-refractivity contribution in [2.75, 3.05) is 13.2 Å². The molecule has 0 amide bonds. The van der Waals surface area contributed by atoms with E-state index in [9.17, 15) is 14.0 Å². The maximum atomic E-state index is 13.6. The quantitative estimate of drug-likeness (QED) is 0.435. The molecule has 9 heteroatoms. The van der Waals surface area contributed by atoms with Crippen molar-refractivity contribution in [2.24, 2.45) is 5.92 Å². The Morgan fingerprint density at radius 2 is 2.00 bits per heavy atom. The third kappa shape index (κ3) is 4.76. The van der Waals surface area contributed by atoms with Gasteiger partial charge in [-0.1, -0.05) is 27.5 Å². The molecule has 0 radical (unpaired) electrons. The highest BCUT2D eigenvalue weighted by Crippen LogP contribution is 2.35. The van der Waals surface area contributed by atoms with Gasteiger partial charge in [0.1, 0.15) is 23.9 Å². The molecule has 0 spiro atoms. The zero-order valence-electron chi connectivity index (χ0n) is 16.1. The molecule has 0 aliphatic heterocycles. The van der Waals surface area contributed by atoms with E-state index >= 15 is 0 Å². The Morgan fingerprint density at radius 1 is 1.23 bits per heavy atom. The standard InChI is InChI=1S/C22H17BrClFO6/c23-12-1-2-19(30-4-3-29-14-5-11(6-14)22(27)28)16(7-12)20-10-18(26)15-8-13(25)9-17(24)21(15)31-20/h1-2,7-11,14H,3-6H2,(H,27,28)/t11-,14-. The van der Waals surface area contributed by atoms with E-state index in [0.717, 1.165) is 16.6 Å². The second-order valence-electron chi connectivity index (χ2n) is 7.23. The molecule has 31 heavy (non-hydrogen) atoms. The van der Waals surface area contributed by atoms with Crippen LogP contribution in [0.4, 0.5) is 4.39 Å². The predicted octanol–water partition coefficient (Wildman–Crippen LogP) is 5.27. The molecule has 4 rings (SSSR count). The van der Waals surface area contributed by atoms with Crippen LogP contribution in [0.15, 0.2) is 50.1 Å². The molecule has 1 N–H and O–H groups in total. The number of ether oxygens (including phenoxy) is 2. The molecule has 0 saturated heterocycles. The molecule has 1 saturated carbocycles. The summed E-state index contributed by atoms with van der Waals surface area (Å²) in [6.07, 6.45) is 0.931. The molecule has 162 valence electrons. The van der Waals surface area contributed by atoms with Gasteiger partial charge in [-0.2, -0.15) is 0 Å².